The molecule has 0 spiro atoms. The van der Waals surface area contributed by atoms with Crippen molar-refractivity contribution in [2.45, 2.75) is 27.2 Å². The molecule has 9 heteroatoms. The molecule has 1 heterocycles. The third-order valence-electron chi connectivity index (χ3n) is 2.50. The van der Waals surface area contributed by atoms with Crippen molar-refractivity contribution in [1.29, 1.82) is 0 Å². The molecule has 0 radical (unpaired) electrons. The summed E-state index contributed by atoms with van der Waals surface area (Å²) in [5, 5.41) is 16.8. The number of carbonyl (C=O) groups is 1. The fourth-order valence-electron chi connectivity index (χ4n) is 1.66. The summed E-state index contributed by atoms with van der Waals surface area (Å²) in [7, 11) is 0. The average molecular weight is 297 g/mol. The Kier molecular flexibility index (Phi) is 6.31. The van der Waals surface area contributed by atoms with Crippen molar-refractivity contribution >= 4 is 23.4 Å². The highest BCUT2D eigenvalue weighted by molar-refractivity contribution is 5.70. The first-order valence-corrected chi connectivity index (χ1v) is 6.65. The normalized spacial score (nSPS) is 10.0. The van der Waals surface area contributed by atoms with E-state index < -0.39 is 4.92 Å². The second kappa shape index (κ2) is 7.98. The Hall–Kier alpha value is -2.45. The first-order chi connectivity index (χ1) is 9.99. The maximum atomic E-state index is 11.2. The van der Waals surface area contributed by atoms with E-state index in [2.05, 4.69) is 20.6 Å². The molecule has 0 bridgehead atoms. The maximum Gasteiger partial charge on any atom is 0.332 e. The topological polar surface area (TPSA) is 119 Å². The van der Waals surface area contributed by atoms with Crippen LogP contribution in [0, 0.1) is 17.0 Å². The van der Waals surface area contributed by atoms with Crippen molar-refractivity contribution in [3.05, 3.63) is 15.8 Å². The second-order valence-corrected chi connectivity index (χ2v) is 4.10. The summed E-state index contributed by atoms with van der Waals surface area (Å²) in [6.07, 6.45) is 0.102. The van der Waals surface area contributed by atoms with Crippen molar-refractivity contribution in [2.24, 2.45) is 0 Å². The highest BCUT2D eigenvalue weighted by Crippen LogP contribution is 2.26. The summed E-state index contributed by atoms with van der Waals surface area (Å²) >= 11 is 0. The van der Waals surface area contributed by atoms with Crippen molar-refractivity contribution in [1.82, 2.24) is 9.97 Å². The minimum atomic E-state index is -0.544. The van der Waals surface area contributed by atoms with Crippen LogP contribution in [0.2, 0.25) is 0 Å². The number of nitrogens with zero attached hydrogens (tertiary/aromatic N) is 3. The Morgan fingerprint density at radius 1 is 1.33 bits per heavy atom. The van der Waals surface area contributed by atoms with Crippen LogP contribution >= 0.6 is 0 Å². The van der Waals surface area contributed by atoms with Gasteiger partial charge in [-0.25, -0.2) is 4.98 Å². The van der Waals surface area contributed by atoms with E-state index in [4.69, 9.17) is 4.74 Å². The van der Waals surface area contributed by atoms with E-state index in [9.17, 15) is 14.9 Å². The molecule has 0 amide bonds. The summed E-state index contributed by atoms with van der Waals surface area (Å²) in [4.78, 5) is 29.9. The van der Waals surface area contributed by atoms with E-state index >= 15 is 0 Å². The number of nitro groups is 1. The number of nitrogens with one attached hydrogen (secondary N) is 2. The highest BCUT2D eigenvalue weighted by Gasteiger charge is 2.21. The number of carbonyl (C=O) groups excluding carboxylic acids is 1. The first kappa shape index (κ1) is 16.6. The Morgan fingerprint density at radius 3 is 2.62 bits per heavy atom. The zero-order valence-corrected chi connectivity index (χ0v) is 12.3. The van der Waals surface area contributed by atoms with Gasteiger partial charge in [0.1, 0.15) is 5.69 Å². The van der Waals surface area contributed by atoms with Crippen molar-refractivity contribution in [3.63, 3.8) is 0 Å². The first-order valence-electron chi connectivity index (χ1n) is 6.65. The van der Waals surface area contributed by atoms with E-state index in [0.29, 0.717) is 19.1 Å². The number of hydrogen-bond donors (Lipinski definition) is 2. The van der Waals surface area contributed by atoms with Gasteiger partial charge in [-0.15, -0.1) is 0 Å². The Bertz CT molecular complexity index is 521. The van der Waals surface area contributed by atoms with Gasteiger partial charge >= 0.3 is 11.7 Å². The van der Waals surface area contributed by atoms with Gasteiger partial charge < -0.3 is 15.4 Å². The quantitative estimate of drug-likeness (QED) is 0.421. The zero-order valence-electron chi connectivity index (χ0n) is 12.3. The molecule has 0 aliphatic heterocycles. The molecular formula is C12H19N5O4. The van der Waals surface area contributed by atoms with Crippen molar-refractivity contribution < 1.29 is 14.5 Å². The maximum absolute atomic E-state index is 11.2. The summed E-state index contributed by atoms with van der Waals surface area (Å²) in [6.45, 7) is 6.22. The van der Waals surface area contributed by atoms with Crippen LogP contribution in [-0.2, 0) is 9.53 Å². The predicted octanol–water partition coefficient (Wildman–Crippen LogP) is 1.49. The molecule has 1 aromatic rings. The van der Waals surface area contributed by atoms with Crippen LogP contribution in [-0.4, -0.2) is 40.6 Å². The Balaban J connectivity index is 2.86. The molecule has 0 aromatic carbocycles. The summed E-state index contributed by atoms with van der Waals surface area (Å²) < 4.78 is 4.79. The van der Waals surface area contributed by atoms with Gasteiger partial charge in [-0.2, -0.15) is 4.98 Å². The summed E-state index contributed by atoms with van der Waals surface area (Å²) in [5.41, 5.74) is 0.0603. The molecular weight excluding hydrogens is 278 g/mol. The third kappa shape index (κ3) is 4.86. The molecule has 2 N–H and O–H groups in total. The Morgan fingerprint density at radius 2 is 2.05 bits per heavy atom. The lowest BCUT2D eigenvalue weighted by atomic mass is 10.3. The SMILES string of the molecule is CCNc1nc(C)c([N+](=O)[O-])c(NCCC(=O)OCC)n1. The van der Waals surface area contributed by atoms with E-state index in [1.165, 1.54) is 6.92 Å². The van der Waals surface area contributed by atoms with Crippen LogP contribution in [0.4, 0.5) is 17.5 Å². The molecule has 21 heavy (non-hydrogen) atoms. The van der Waals surface area contributed by atoms with Crippen LogP contribution in [0.15, 0.2) is 0 Å². The van der Waals surface area contributed by atoms with E-state index in [1.807, 2.05) is 6.92 Å². The number of aryl methyl sites for hydroxylation is 1. The van der Waals surface area contributed by atoms with Gasteiger partial charge in [-0.05, 0) is 20.8 Å². The highest BCUT2D eigenvalue weighted by atomic mass is 16.6. The smallest absolute Gasteiger partial charge is 0.332 e. The molecule has 0 aliphatic rings. The number of anilines is 2. The van der Waals surface area contributed by atoms with E-state index in [-0.39, 0.29) is 36.1 Å². The van der Waals surface area contributed by atoms with Gasteiger partial charge in [0.2, 0.25) is 11.8 Å². The molecule has 0 fully saturated rings. The molecule has 1 aromatic heterocycles. The molecule has 0 saturated heterocycles. The number of rotatable bonds is 8. The van der Waals surface area contributed by atoms with Gasteiger partial charge in [-0.1, -0.05) is 0 Å². The summed E-state index contributed by atoms with van der Waals surface area (Å²) in [5.74, 6) is 0.0253. The predicted molar refractivity (Wildman–Crippen MR) is 77.3 cm³/mol. The number of ether oxygens (including phenoxy) is 1. The number of esters is 1. The largest absolute Gasteiger partial charge is 0.466 e. The van der Waals surface area contributed by atoms with Gasteiger partial charge in [-0.3, -0.25) is 14.9 Å². The summed E-state index contributed by atoms with van der Waals surface area (Å²) in [6, 6.07) is 0. The minimum absolute atomic E-state index is 0.0905. The second-order valence-electron chi connectivity index (χ2n) is 4.10. The number of hydrogen-bond acceptors (Lipinski definition) is 8. The minimum Gasteiger partial charge on any atom is -0.466 e. The van der Waals surface area contributed by atoms with E-state index in [0.717, 1.165) is 0 Å². The standard InChI is InChI=1S/C12H19N5O4/c1-4-13-12-15-8(3)10(17(19)20)11(16-12)14-7-6-9(18)21-5-2/h4-7H2,1-3H3,(H2,13,14,15,16). The Labute approximate surface area is 122 Å². The van der Waals surface area contributed by atoms with Crippen LogP contribution in [0.25, 0.3) is 0 Å². The van der Waals surface area contributed by atoms with Crippen LogP contribution in [0.5, 0.6) is 0 Å². The fourth-order valence-corrected chi connectivity index (χ4v) is 1.66. The third-order valence-corrected chi connectivity index (χ3v) is 2.50. The van der Waals surface area contributed by atoms with Crippen LogP contribution < -0.4 is 10.6 Å². The lowest BCUT2D eigenvalue weighted by Gasteiger charge is -2.09. The van der Waals surface area contributed by atoms with Crippen molar-refractivity contribution in [3.8, 4) is 0 Å². The van der Waals surface area contributed by atoms with Crippen LogP contribution in [0.3, 0.4) is 0 Å². The number of aromatic nitrogens is 2. The molecule has 0 unspecified atom stereocenters. The monoisotopic (exact) mass is 297 g/mol. The van der Waals surface area contributed by atoms with Gasteiger partial charge in [0.25, 0.3) is 0 Å². The lowest BCUT2D eigenvalue weighted by molar-refractivity contribution is -0.385. The molecule has 0 atom stereocenters. The molecule has 0 saturated carbocycles. The lowest BCUT2D eigenvalue weighted by Crippen LogP contribution is -2.15. The van der Waals surface area contributed by atoms with Gasteiger partial charge in [0.15, 0.2) is 0 Å². The zero-order chi connectivity index (χ0) is 15.8. The molecule has 116 valence electrons. The average Bonchev–Trinajstić information content (AvgIpc) is 2.38. The molecule has 9 nitrogen and oxygen atoms in total. The van der Waals surface area contributed by atoms with Crippen molar-refractivity contribution in [2.75, 3.05) is 30.3 Å². The molecule has 1 rings (SSSR count). The van der Waals surface area contributed by atoms with E-state index in [1.54, 1.807) is 6.92 Å². The van der Waals surface area contributed by atoms with Gasteiger partial charge in [0.05, 0.1) is 18.0 Å². The van der Waals surface area contributed by atoms with Gasteiger partial charge in [0, 0.05) is 13.1 Å². The fraction of sp³-hybridized carbons (Fsp3) is 0.583. The van der Waals surface area contributed by atoms with Crippen LogP contribution in [0.1, 0.15) is 26.0 Å². The molecule has 0 aliphatic carbocycles.